The third-order valence-corrected chi connectivity index (χ3v) is 3.77. The van der Waals surface area contributed by atoms with Crippen LogP contribution in [0.25, 0.3) is 0 Å². The second kappa shape index (κ2) is 9.31. The van der Waals surface area contributed by atoms with E-state index in [0.29, 0.717) is 0 Å². The maximum Gasteiger partial charge on any atom is 0.341 e. The summed E-state index contributed by atoms with van der Waals surface area (Å²) in [6.45, 7) is -0.410. The van der Waals surface area contributed by atoms with Crippen molar-refractivity contribution in [1.82, 2.24) is 0 Å². The van der Waals surface area contributed by atoms with Crippen LogP contribution in [0.1, 0.15) is 20.7 Å². The number of rotatable bonds is 8. The number of hydrogen-bond donors (Lipinski definition) is 3. The Bertz CT molecular complexity index is 917. The lowest BCUT2D eigenvalue weighted by molar-refractivity contribution is -0.120. The monoisotopic (exact) mass is 404 g/mol. The molecule has 0 spiro atoms. The van der Waals surface area contributed by atoms with Crippen LogP contribution in [0.3, 0.4) is 0 Å². The number of nitrogens with two attached hydrogens (primary N) is 1. The van der Waals surface area contributed by atoms with E-state index in [-0.39, 0.29) is 34.1 Å². The first kappa shape index (κ1) is 21.4. The number of phenolic OH excluding ortho intramolecular Hbond substituents is 1. The second-order valence-electron chi connectivity index (χ2n) is 5.61. The van der Waals surface area contributed by atoms with Gasteiger partial charge in [0.25, 0.3) is 11.8 Å². The van der Waals surface area contributed by atoms with E-state index < -0.39 is 30.1 Å². The highest BCUT2D eigenvalue weighted by atomic mass is 16.5. The molecule has 0 heterocycles. The van der Waals surface area contributed by atoms with Crippen molar-refractivity contribution >= 4 is 23.5 Å². The molecule has 2 amide bonds. The predicted octanol–water partition coefficient (Wildman–Crippen LogP) is 1.31. The van der Waals surface area contributed by atoms with Crippen LogP contribution in [0.15, 0.2) is 30.3 Å². The highest BCUT2D eigenvalue weighted by molar-refractivity contribution is 6.07. The van der Waals surface area contributed by atoms with E-state index in [1.807, 2.05) is 0 Å². The van der Waals surface area contributed by atoms with Crippen molar-refractivity contribution in [1.29, 1.82) is 0 Å². The number of carbonyl (C=O) groups excluding carboxylic acids is 3. The third-order valence-electron chi connectivity index (χ3n) is 3.77. The van der Waals surface area contributed by atoms with E-state index in [1.54, 1.807) is 0 Å². The van der Waals surface area contributed by atoms with Gasteiger partial charge in [0, 0.05) is 5.56 Å². The molecule has 0 aromatic heterocycles. The highest BCUT2D eigenvalue weighted by Gasteiger charge is 2.20. The minimum atomic E-state index is -0.752. The zero-order valence-corrected chi connectivity index (χ0v) is 16.0. The van der Waals surface area contributed by atoms with Crippen LogP contribution in [0.4, 0.5) is 5.69 Å². The summed E-state index contributed by atoms with van der Waals surface area (Å²) in [6.07, 6.45) is 0. The van der Waals surface area contributed by atoms with Crippen LogP contribution in [-0.2, 0) is 9.53 Å². The number of benzene rings is 2. The van der Waals surface area contributed by atoms with E-state index in [4.69, 9.17) is 19.9 Å². The van der Waals surface area contributed by atoms with E-state index in [0.717, 1.165) is 0 Å². The molecule has 0 bridgehead atoms. The molecule has 154 valence electrons. The third kappa shape index (κ3) is 4.86. The summed E-state index contributed by atoms with van der Waals surface area (Å²) in [7, 11) is 3.87. The lowest BCUT2D eigenvalue weighted by Gasteiger charge is -2.16. The van der Waals surface area contributed by atoms with Gasteiger partial charge in [-0.1, -0.05) is 6.07 Å². The van der Waals surface area contributed by atoms with E-state index >= 15 is 0 Å². The van der Waals surface area contributed by atoms with E-state index in [1.165, 1.54) is 51.7 Å². The summed E-state index contributed by atoms with van der Waals surface area (Å²) >= 11 is 0. The van der Waals surface area contributed by atoms with Crippen LogP contribution in [-0.4, -0.2) is 50.8 Å². The number of carbonyl (C=O) groups is 3. The Hall–Kier alpha value is -3.95. The second-order valence-corrected chi connectivity index (χ2v) is 5.61. The number of ether oxygens (including phenoxy) is 4. The molecule has 2 aromatic carbocycles. The molecule has 0 saturated heterocycles. The van der Waals surface area contributed by atoms with Gasteiger partial charge in [-0.25, -0.2) is 4.79 Å². The summed E-state index contributed by atoms with van der Waals surface area (Å²) in [5.41, 5.74) is 5.09. The van der Waals surface area contributed by atoms with Crippen molar-refractivity contribution in [3.63, 3.8) is 0 Å². The van der Waals surface area contributed by atoms with Crippen molar-refractivity contribution < 1.29 is 38.4 Å². The summed E-state index contributed by atoms with van der Waals surface area (Å²) in [5.74, 6) is -2.16. The number of aromatic hydroxyl groups is 1. The first-order chi connectivity index (χ1) is 13.8. The molecule has 10 nitrogen and oxygen atoms in total. The molecule has 4 N–H and O–H groups in total. The van der Waals surface area contributed by atoms with Crippen LogP contribution in [0.2, 0.25) is 0 Å². The Morgan fingerprint density at radius 2 is 1.69 bits per heavy atom. The molecule has 0 aliphatic rings. The number of anilines is 1. The Morgan fingerprint density at radius 1 is 1.07 bits per heavy atom. The van der Waals surface area contributed by atoms with Gasteiger partial charge in [-0.3, -0.25) is 9.59 Å². The summed E-state index contributed by atoms with van der Waals surface area (Å²) in [6, 6.07) is 6.96. The number of esters is 1. The fourth-order valence-corrected chi connectivity index (χ4v) is 2.41. The molecule has 29 heavy (non-hydrogen) atoms. The molecule has 0 radical (unpaired) electrons. The molecule has 2 aromatic rings. The average molecular weight is 404 g/mol. The number of nitrogens with one attached hydrogen (secondary N) is 1. The van der Waals surface area contributed by atoms with E-state index in [2.05, 4.69) is 10.1 Å². The van der Waals surface area contributed by atoms with Crippen molar-refractivity contribution in [2.24, 2.45) is 5.73 Å². The van der Waals surface area contributed by atoms with Crippen molar-refractivity contribution in [3.05, 3.63) is 41.5 Å². The minimum Gasteiger partial charge on any atom is -0.505 e. The van der Waals surface area contributed by atoms with Gasteiger partial charge in [-0.2, -0.15) is 0 Å². The highest BCUT2D eigenvalue weighted by Crippen LogP contribution is 2.39. The first-order valence-electron chi connectivity index (χ1n) is 8.21. The molecular weight excluding hydrogens is 384 g/mol. The topological polar surface area (TPSA) is 146 Å². The molecule has 10 heteroatoms. The van der Waals surface area contributed by atoms with Crippen LogP contribution < -0.4 is 25.3 Å². The first-order valence-corrected chi connectivity index (χ1v) is 8.21. The number of hydrogen-bond acceptors (Lipinski definition) is 8. The van der Waals surface area contributed by atoms with Crippen LogP contribution in [0, 0.1) is 0 Å². The van der Waals surface area contributed by atoms with Gasteiger partial charge in [0.15, 0.2) is 23.9 Å². The smallest absolute Gasteiger partial charge is 0.341 e. The molecule has 0 saturated carbocycles. The number of para-hydroxylation sites is 1. The van der Waals surface area contributed by atoms with Crippen LogP contribution in [0.5, 0.6) is 23.0 Å². The summed E-state index contributed by atoms with van der Waals surface area (Å²) in [4.78, 5) is 35.3. The lowest BCUT2D eigenvalue weighted by Crippen LogP contribution is -2.20. The van der Waals surface area contributed by atoms with Gasteiger partial charge in [-0.05, 0) is 24.3 Å². The minimum absolute atomic E-state index is 0.00453. The fraction of sp³-hybridized carbons (Fsp3) is 0.211. The van der Waals surface area contributed by atoms with Gasteiger partial charge >= 0.3 is 5.97 Å². The quantitative estimate of drug-likeness (QED) is 0.441. The summed E-state index contributed by atoms with van der Waals surface area (Å²) < 4.78 is 20.3. The molecule has 0 unspecified atom stereocenters. The number of amides is 2. The lowest BCUT2D eigenvalue weighted by atomic mass is 10.1. The van der Waals surface area contributed by atoms with Gasteiger partial charge in [0.05, 0.1) is 27.0 Å². The molecule has 0 fully saturated rings. The Kier molecular flexibility index (Phi) is 6.85. The Labute approximate surface area is 166 Å². The molecule has 0 atom stereocenters. The molecular formula is C19H20N2O8. The Morgan fingerprint density at radius 3 is 2.21 bits per heavy atom. The van der Waals surface area contributed by atoms with E-state index in [9.17, 15) is 19.5 Å². The maximum atomic E-state index is 12.7. The number of primary amides is 1. The zero-order valence-electron chi connectivity index (χ0n) is 16.0. The van der Waals surface area contributed by atoms with Crippen molar-refractivity contribution in [3.8, 4) is 23.0 Å². The van der Waals surface area contributed by atoms with Gasteiger partial charge in [0.2, 0.25) is 5.75 Å². The Balaban J connectivity index is 2.36. The summed E-state index contributed by atoms with van der Waals surface area (Å²) in [5, 5.41) is 12.7. The fourth-order valence-electron chi connectivity index (χ4n) is 2.41. The molecule has 2 rings (SSSR count). The molecule has 0 aliphatic heterocycles. The largest absolute Gasteiger partial charge is 0.505 e. The van der Waals surface area contributed by atoms with Crippen molar-refractivity contribution in [2.75, 3.05) is 33.3 Å². The molecule has 0 aliphatic carbocycles. The van der Waals surface area contributed by atoms with Crippen molar-refractivity contribution in [2.45, 2.75) is 0 Å². The van der Waals surface area contributed by atoms with Gasteiger partial charge < -0.3 is 35.1 Å². The maximum absolute atomic E-state index is 12.7. The standard InChI is InChI=1S/C19H20N2O8/c1-26-13-7-10(8-14(27-2)17(13)29-9-15(20)22)18(24)21-12-6-4-5-11(16(12)23)19(25)28-3/h4-8,23H,9H2,1-3H3,(H2,20,22)(H,21,24). The average Bonchev–Trinajstić information content (AvgIpc) is 2.72. The predicted molar refractivity (Wildman–Crippen MR) is 102 cm³/mol. The SMILES string of the molecule is COC(=O)c1cccc(NC(=O)c2cc(OC)c(OCC(N)=O)c(OC)c2)c1O. The van der Waals surface area contributed by atoms with Gasteiger partial charge in [0.1, 0.15) is 5.56 Å². The van der Waals surface area contributed by atoms with Crippen LogP contribution >= 0.6 is 0 Å². The number of phenols is 1. The zero-order chi connectivity index (χ0) is 21.6. The normalized spacial score (nSPS) is 10.0. The van der Waals surface area contributed by atoms with Gasteiger partial charge in [-0.15, -0.1) is 0 Å². The number of methoxy groups -OCH3 is 3.